The van der Waals surface area contributed by atoms with Gasteiger partial charge in [-0.25, -0.2) is 0 Å². The molecule has 2 heterocycles. The van der Waals surface area contributed by atoms with E-state index in [1.54, 1.807) is 0 Å². The summed E-state index contributed by atoms with van der Waals surface area (Å²) in [6, 6.07) is 0. The van der Waals surface area contributed by atoms with E-state index in [4.69, 9.17) is 9.47 Å². The number of allylic oxidation sites excluding steroid dienone is 2. The SMILES string of the molecule is O=C(CCC1COC2=C(CCCC2)O1)NC1NCCCC1O. The molecular weight excluding hydrogens is 284 g/mol. The number of aliphatic hydroxyl groups is 1. The summed E-state index contributed by atoms with van der Waals surface area (Å²) >= 11 is 0. The van der Waals surface area contributed by atoms with E-state index in [2.05, 4.69) is 10.6 Å². The number of nitrogens with one attached hydrogen (secondary N) is 2. The van der Waals surface area contributed by atoms with Crippen LogP contribution in [0.1, 0.15) is 51.4 Å². The van der Waals surface area contributed by atoms with Crippen LogP contribution in [-0.2, 0) is 14.3 Å². The summed E-state index contributed by atoms with van der Waals surface area (Å²) in [6.07, 6.45) is 6.11. The summed E-state index contributed by atoms with van der Waals surface area (Å²) in [5.41, 5.74) is 0. The van der Waals surface area contributed by atoms with Crippen LogP contribution >= 0.6 is 0 Å². The monoisotopic (exact) mass is 310 g/mol. The average Bonchev–Trinajstić information content (AvgIpc) is 2.55. The van der Waals surface area contributed by atoms with Crippen LogP contribution in [-0.4, -0.2) is 42.5 Å². The average molecular weight is 310 g/mol. The molecule has 2 aliphatic heterocycles. The lowest BCUT2D eigenvalue weighted by molar-refractivity contribution is -0.124. The highest BCUT2D eigenvalue weighted by Crippen LogP contribution is 2.31. The highest BCUT2D eigenvalue weighted by atomic mass is 16.6. The van der Waals surface area contributed by atoms with Crippen LogP contribution in [0.25, 0.3) is 0 Å². The number of amides is 1. The minimum Gasteiger partial charge on any atom is -0.491 e. The Balaban J connectivity index is 1.41. The Hall–Kier alpha value is -1.27. The molecule has 1 fully saturated rings. The van der Waals surface area contributed by atoms with Gasteiger partial charge in [-0.2, -0.15) is 0 Å². The van der Waals surface area contributed by atoms with Crippen molar-refractivity contribution in [3.63, 3.8) is 0 Å². The molecule has 0 saturated carbocycles. The van der Waals surface area contributed by atoms with Gasteiger partial charge in [0.25, 0.3) is 0 Å². The third-order valence-electron chi connectivity index (χ3n) is 4.56. The van der Waals surface area contributed by atoms with Gasteiger partial charge in [0.2, 0.25) is 5.91 Å². The third kappa shape index (κ3) is 3.93. The van der Waals surface area contributed by atoms with E-state index in [1.807, 2.05) is 0 Å². The standard InChI is InChI=1S/C16H26N2O4/c19-12-4-3-9-17-16(12)18-15(20)8-7-11-10-21-13-5-1-2-6-14(13)22-11/h11-12,16-17,19H,1-10H2,(H,18,20). The Morgan fingerprint density at radius 2 is 2.09 bits per heavy atom. The van der Waals surface area contributed by atoms with E-state index >= 15 is 0 Å². The maximum absolute atomic E-state index is 12.0. The summed E-state index contributed by atoms with van der Waals surface area (Å²) < 4.78 is 11.7. The fourth-order valence-corrected chi connectivity index (χ4v) is 3.25. The molecule has 6 heteroatoms. The molecule has 3 N–H and O–H groups in total. The lowest BCUT2D eigenvalue weighted by Gasteiger charge is -2.32. The molecule has 124 valence electrons. The fourth-order valence-electron chi connectivity index (χ4n) is 3.25. The van der Waals surface area contributed by atoms with E-state index in [9.17, 15) is 9.90 Å². The van der Waals surface area contributed by atoms with Gasteiger partial charge in [-0.15, -0.1) is 0 Å². The zero-order valence-corrected chi connectivity index (χ0v) is 13.0. The number of rotatable bonds is 4. The van der Waals surface area contributed by atoms with Crippen molar-refractivity contribution in [2.24, 2.45) is 0 Å². The molecule has 0 radical (unpaired) electrons. The van der Waals surface area contributed by atoms with Crippen molar-refractivity contribution in [3.05, 3.63) is 11.5 Å². The predicted octanol–water partition coefficient (Wildman–Crippen LogP) is 1.15. The first-order valence-electron chi connectivity index (χ1n) is 8.44. The molecule has 3 unspecified atom stereocenters. The maximum Gasteiger partial charge on any atom is 0.221 e. The van der Waals surface area contributed by atoms with Crippen molar-refractivity contribution in [2.45, 2.75) is 69.7 Å². The van der Waals surface area contributed by atoms with Gasteiger partial charge in [-0.1, -0.05) is 0 Å². The minimum atomic E-state index is -0.498. The molecule has 1 amide bonds. The van der Waals surface area contributed by atoms with Crippen LogP contribution < -0.4 is 10.6 Å². The van der Waals surface area contributed by atoms with Crippen molar-refractivity contribution in [1.82, 2.24) is 10.6 Å². The van der Waals surface area contributed by atoms with Gasteiger partial charge in [-0.05, 0) is 38.6 Å². The van der Waals surface area contributed by atoms with Gasteiger partial charge >= 0.3 is 0 Å². The summed E-state index contributed by atoms with van der Waals surface area (Å²) in [4.78, 5) is 12.0. The van der Waals surface area contributed by atoms with Gasteiger partial charge in [0.1, 0.15) is 30.4 Å². The number of carbonyl (C=O) groups excluding carboxylic acids is 1. The van der Waals surface area contributed by atoms with Crippen molar-refractivity contribution in [2.75, 3.05) is 13.2 Å². The van der Waals surface area contributed by atoms with Crippen molar-refractivity contribution >= 4 is 5.91 Å². The zero-order chi connectivity index (χ0) is 15.4. The van der Waals surface area contributed by atoms with E-state index in [0.29, 0.717) is 19.4 Å². The summed E-state index contributed by atoms with van der Waals surface area (Å²) in [5.74, 6) is 1.96. The summed E-state index contributed by atoms with van der Waals surface area (Å²) in [7, 11) is 0. The van der Waals surface area contributed by atoms with Crippen LogP contribution in [0, 0.1) is 0 Å². The number of aliphatic hydroxyl groups excluding tert-OH is 1. The minimum absolute atomic E-state index is 0.0353. The first-order valence-corrected chi connectivity index (χ1v) is 8.44. The number of ether oxygens (including phenoxy) is 2. The molecule has 22 heavy (non-hydrogen) atoms. The van der Waals surface area contributed by atoms with Gasteiger partial charge in [0.05, 0.1) is 6.10 Å². The van der Waals surface area contributed by atoms with Crippen LogP contribution in [0.15, 0.2) is 11.5 Å². The van der Waals surface area contributed by atoms with Crippen LogP contribution in [0.5, 0.6) is 0 Å². The van der Waals surface area contributed by atoms with E-state index < -0.39 is 6.10 Å². The Bertz CT molecular complexity index is 438. The summed E-state index contributed by atoms with van der Waals surface area (Å²) in [5, 5.41) is 15.8. The van der Waals surface area contributed by atoms with E-state index in [0.717, 1.165) is 50.2 Å². The molecule has 3 atom stereocenters. The van der Waals surface area contributed by atoms with Gasteiger partial charge in [0, 0.05) is 19.3 Å². The van der Waals surface area contributed by atoms with E-state index in [1.165, 1.54) is 6.42 Å². The van der Waals surface area contributed by atoms with Crippen LogP contribution in [0.4, 0.5) is 0 Å². The topological polar surface area (TPSA) is 79.8 Å². The lowest BCUT2D eigenvalue weighted by atomic mass is 10.0. The smallest absolute Gasteiger partial charge is 0.221 e. The molecule has 3 aliphatic rings. The number of hydrogen-bond acceptors (Lipinski definition) is 5. The molecule has 0 spiro atoms. The highest BCUT2D eigenvalue weighted by Gasteiger charge is 2.27. The Kier molecular flexibility index (Phi) is 5.20. The second kappa shape index (κ2) is 7.33. The van der Waals surface area contributed by atoms with Crippen LogP contribution in [0.3, 0.4) is 0 Å². The molecule has 1 saturated heterocycles. The van der Waals surface area contributed by atoms with Crippen LogP contribution in [0.2, 0.25) is 0 Å². The van der Waals surface area contributed by atoms with E-state index in [-0.39, 0.29) is 18.2 Å². The zero-order valence-electron chi connectivity index (χ0n) is 13.0. The first kappa shape index (κ1) is 15.6. The molecule has 3 rings (SSSR count). The largest absolute Gasteiger partial charge is 0.491 e. The van der Waals surface area contributed by atoms with Gasteiger partial charge < -0.3 is 19.9 Å². The number of carbonyl (C=O) groups is 1. The third-order valence-corrected chi connectivity index (χ3v) is 4.56. The highest BCUT2D eigenvalue weighted by molar-refractivity contribution is 5.76. The van der Waals surface area contributed by atoms with Crippen molar-refractivity contribution in [1.29, 1.82) is 0 Å². The number of hydrogen-bond donors (Lipinski definition) is 3. The Morgan fingerprint density at radius 3 is 2.91 bits per heavy atom. The Labute approximate surface area is 131 Å². The summed E-state index contributed by atoms with van der Waals surface area (Å²) in [6.45, 7) is 1.37. The molecule has 0 bridgehead atoms. The van der Waals surface area contributed by atoms with Gasteiger partial charge in [-0.3, -0.25) is 10.1 Å². The molecular formula is C16H26N2O4. The molecule has 0 aromatic rings. The first-order chi connectivity index (χ1) is 10.7. The second-order valence-electron chi connectivity index (χ2n) is 6.35. The molecule has 0 aromatic carbocycles. The molecule has 6 nitrogen and oxygen atoms in total. The lowest BCUT2D eigenvalue weighted by Crippen LogP contribution is -2.55. The number of piperidine rings is 1. The normalized spacial score (nSPS) is 31.8. The van der Waals surface area contributed by atoms with Crippen molar-refractivity contribution in [3.8, 4) is 0 Å². The fraction of sp³-hybridized carbons (Fsp3) is 0.812. The van der Waals surface area contributed by atoms with Gasteiger partial charge in [0.15, 0.2) is 0 Å². The molecule has 0 aromatic heterocycles. The van der Waals surface area contributed by atoms with Crippen molar-refractivity contribution < 1.29 is 19.4 Å². The molecule has 1 aliphatic carbocycles. The Morgan fingerprint density at radius 1 is 1.27 bits per heavy atom. The second-order valence-corrected chi connectivity index (χ2v) is 6.35. The predicted molar refractivity (Wildman–Crippen MR) is 80.7 cm³/mol. The quantitative estimate of drug-likeness (QED) is 0.726. The maximum atomic E-state index is 12.0.